The standard InChI is InChI=1S/C14H14O/c1-9-7-8-10(2)14-12(9)5-4-6-13(14)11(3)15/h4-8H,1-3H3. The van der Waals surface area contributed by atoms with Gasteiger partial charge in [-0.1, -0.05) is 30.3 Å². The first-order valence-electron chi connectivity index (χ1n) is 5.11. The highest BCUT2D eigenvalue weighted by molar-refractivity contribution is 6.08. The van der Waals surface area contributed by atoms with Gasteiger partial charge in [0.15, 0.2) is 5.78 Å². The molecule has 0 saturated carbocycles. The molecule has 2 rings (SSSR count). The van der Waals surface area contributed by atoms with Crippen LogP contribution in [0.15, 0.2) is 30.3 Å². The molecule has 0 fully saturated rings. The predicted molar refractivity (Wildman–Crippen MR) is 63.4 cm³/mol. The molecule has 0 radical (unpaired) electrons. The van der Waals surface area contributed by atoms with Crippen molar-refractivity contribution in [3.63, 3.8) is 0 Å². The molecule has 2 aromatic rings. The van der Waals surface area contributed by atoms with Crippen molar-refractivity contribution in [1.82, 2.24) is 0 Å². The van der Waals surface area contributed by atoms with Crippen LogP contribution in [0.3, 0.4) is 0 Å². The smallest absolute Gasteiger partial charge is 0.160 e. The van der Waals surface area contributed by atoms with Crippen molar-refractivity contribution in [3.05, 3.63) is 47.0 Å². The maximum Gasteiger partial charge on any atom is 0.160 e. The lowest BCUT2D eigenvalue weighted by molar-refractivity contribution is 0.101. The van der Waals surface area contributed by atoms with E-state index in [1.54, 1.807) is 6.92 Å². The van der Waals surface area contributed by atoms with Gasteiger partial charge in [-0.05, 0) is 42.7 Å². The van der Waals surface area contributed by atoms with E-state index >= 15 is 0 Å². The van der Waals surface area contributed by atoms with E-state index in [4.69, 9.17) is 0 Å². The van der Waals surface area contributed by atoms with Gasteiger partial charge in [0.05, 0.1) is 0 Å². The molecule has 0 heterocycles. The number of hydrogen-bond donors (Lipinski definition) is 0. The summed E-state index contributed by atoms with van der Waals surface area (Å²) in [7, 11) is 0. The SMILES string of the molecule is CC(=O)c1cccc2c(C)ccc(C)c12. The van der Waals surface area contributed by atoms with Crippen molar-refractivity contribution in [3.8, 4) is 0 Å². The molecule has 0 bridgehead atoms. The van der Waals surface area contributed by atoms with Crippen molar-refractivity contribution in [1.29, 1.82) is 0 Å². The maximum absolute atomic E-state index is 11.5. The molecule has 76 valence electrons. The molecule has 0 saturated heterocycles. The highest BCUT2D eigenvalue weighted by atomic mass is 16.1. The van der Waals surface area contributed by atoms with Crippen LogP contribution in [-0.4, -0.2) is 5.78 Å². The van der Waals surface area contributed by atoms with Crippen LogP contribution in [0.4, 0.5) is 0 Å². The molecule has 0 aliphatic carbocycles. The monoisotopic (exact) mass is 198 g/mol. The maximum atomic E-state index is 11.5. The summed E-state index contributed by atoms with van der Waals surface area (Å²) in [4.78, 5) is 11.5. The Labute approximate surface area is 89.7 Å². The lowest BCUT2D eigenvalue weighted by atomic mass is 9.95. The van der Waals surface area contributed by atoms with E-state index in [0.29, 0.717) is 0 Å². The van der Waals surface area contributed by atoms with Crippen LogP contribution in [0, 0.1) is 13.8 Å². The average Bonchev–Trinajstić information content (AvgIpc) is 2.23. The highest BCUT2D eigenvalue weighted by Crippen LogP contribution is 2.25. The van der Waals surface area contributed by atoms with Crippen molar-refractivity contribution in [2.24, 2.45) is 0 Å². The zero-order valence-electron chi connectivity index (χ0n) is 9.29. The third kappa shape index (κ3) is 1.54. The summed E-state index contributed by atoms with van der Waals surface area (Å²) in [5.74, 6) is 0.134. The van der Waals surface area contributed by atoms with Crippen molar-refractivity contribution in [2.45, 2.75) is 20.8 Å². The Morgan fingerprint density at radius 3 is 2.33 bits per heavy atom. The first-order chi connectivity index (χ1) is 7.11. The third-order valence-electron chi connectivity index (χ3n) is 2.85. The lowest BCUT2D eigenvalue weighted by Crippen LogP contribution is -1.95. The van der Waals surface area contributed by atoms with E-state index in [-0.39, 0.29) is 5.78 Å². The van der Waals surface area contributed by atoms with Gasteiger partial charge in [0, 0.05) is 5.56 Å². The number of hydrogen-bond acceptors (Lipinski definition) is 1. The minimum Gasteiger partial charge on any atom is -0.294 e. The molecule has 0 aliphatic rings. The summed E-state index contributed by atoms with van der Waals surface area (Å²) < 4.78 is 0. The zero-order chi connectivity index (χ0) is 11.0. The van der Waals surface area contributed by atoms with E-state index in [2.05, 4.69) is 25.1 Å². The number of benzene rings is 2. The summed E-state index contributed by atoms with van der Waals surface area (Å²) in [6.45, 7) is 5.75. The van der Waals surface area contributed by atoms with Gasteiger partial charge in [0.25, 0.3) is 0 Å². The molecule has 0 aliphatic heterocycles. The van der Waals surface area contributed by atoms with Crippen LogP contribution in [0.5, 0.6) is 0 Å². The largest absolute Gasteiger partial charge is 0.294 e. The molecule has 0 spiro atoms. The van der Waals surface area contributed by atoms with Crippen LogP contribution in [-0.2, 0) is 0 Å². The van der Waals surface area contributed by atoms with Gasteiger partial charge >= 0.3 is 0 Å². The van der Waals surface area contributed by atoms with Crippen molar-refractivity contribution >= 4 is 16.6 Å². The van der Waals surface area contributed by atoms with Gasteiger partial charge in [-0.3, -0.25) is 4.79 Å². The molecule has 0 N–H and O–H groups in total. The highest BCUT2D eigenvalue weighted by Gasteiger charge is 2.08. The fourth-order valence-electron chi connectivity index (χ4n) is 2.02. The van der Waals surface area contributed by atoms with Gasteiger partial charge in [-0.2, -0.15) is 0 Å². The van der Waals surface area contributed by atoms with Crippen LogP contribution < -0.4 is 0 Å². The number of aryl methyl sites for hydroxylation is 2. The Balaban J connectivity index is 2.96. The summed E-state index contributed by atoms with van der Waals surface area (Å²) in [5.41, 5.74) is 3.22. The molecule has 0 unspecified atom stereocenters. The van der Waals surface area contributed by atoms with Gasteiger partial charge in [0.1, 0.15) is 0 Å². The van der Waals surface area contributed by atoms with Crippen LogP contribution in [0.25, 0.3) is 10.8 Å². The molecule has 2 aromatic carbocycles. The molecule has 0 amide bonds. The van der Waals surface area contributed by atoms with Crippen molar-refractivity contribution < 1.29 is 4.79 Å². The molecule has 0 aromatic heterocycles. The minimum absolute atomic E-state index is 0.134. The van der Waals surface area contributed by atoms with Gasteiger partial charge in [-0.25, -0.2) is 0 Å². The fraction of sp³-hybridized carbons (Fsp3) is 0.214. The third-order valence-corrected chi connectivity index (χ3v) is 2.85. The molecule has 0 atom stereocenters. The topological polar surface area (TPSA) is 17.1 Å². The van der Waals surface area contributed by atoms with E-state index < -0.39 is 0 Å². The minimum atomic E-state index is 0.134. The summed E-state index contributed by atoms with van der Waals surface area (Å²) in [6.07, 6.45) is 0. The van der Waals surface area contributed by atoms with Crippen molar-refractivity contribution in [2.75, 3.05) is 0 Å². The number of ketones is 1. The Morgan fingerprint density at radius 1 is 1.00 bits per heavy atom. The normalized spacial score (nSPS) is 10.6. The molecule has 1 heteroatoms. The lowest BCUT2D eigenvalue weighted by Gasteiger charge is -2.08. The second kappa shape index (κ2) is 3.50. The van der Waals surface area contributed by atoms with E-state index in [1.165, 1.54) is 16.5 Å². The van der Waals surface area contributed by atoms with E-state index in [0.717, 1.165) is 10.9 Å². The van der Waals surface area contributed by atoms with E-state index in [1.807, 2.05) is 19.1 Å². The summed E-state index contributed by atoms with van der Waals surface area (Å²) >= 11 is 0. The van der Waals surface area contributed by atoms with Crippen LogP contribution >= 0.6 is 0 Å². The van der Waals surface area contributed by atoms with Gasteiger partial charge < -0.3 is 0 Å². The molecule has 1 nitrogen and oxygen atoms in total. The Kier molecular flexibility index (Phi) is 2.31. The second-order valence-electron chi connectivity index (χ2n) is 3.98. The zero-order valence-corrected chi connectivity index (χ0v) is 9.29. The summed E-state index contributed by atoms with van der Waals surface area (Å²) in [5, 5.41) is 2.28. The second-order valence-corrected chi connectivity index (χ2v) is 3.98. The van der Waals surface area contributed by atoms with Gasteiger partial charge in [0.2, 0.25) is 0 Å². The summed E-state index contributed by atoms with van der Waals surface area (Å²) in [6, 6.07) is 10.1. The molecule has 15 heavy (non-hydrogen) atoms. The fourth-order valence-corrected chi connectivity index (χ4v) is 2.02. The van der Waals surface area contributed by atoms with Gasteiger partial charge in [-0.15, -0.1) is 0 Å². The number of carbonyl (C=O) groups is 1. The average molecular weight is 198 g/mol. The quantitative estimate of drug-likeness (QED) is 0.639. The number of rotatable bonds is 1. The number of Topliss-reactive ketones (excluding diaryl/α,β-unsaturated/α-hetero) is 1. The van der Waals surface area contributed by atoms with E-state index in [9.17, 15) is 4.79 Å². The van der Waals surface area contributed by atoms with Crippen LogP contribution in [0.2, 0.25) is 0 Å². The Bertz CT molecular complexity index is 538. The first-order valence-corrected chi connectivity index (χ1v) is 5.11. The number of carbonyl (C=O) groups excluding carboxylic acids is 1. The Morgan fingerprint density at radius 2 is 1.67 bits per heavy atom. The number of fused-ring (bicyclic) bond motifs is 1. The Hall–Kier alpha value is -1.63. The first kappa shape index (κ1) is 9.91. The van der Waals surface area contributed by atoms with Crippen LogP contribution in [0.1, 0.15) is 28.4 Å². The predicted octanol–water partition coefficient (Wildman–Crippen LogP) is 3.66. The molecular weight excluding hydrogens is 184 g/mol. The molecular formula is C14H14O.